The number of rotatable bonds is 3. The molecule has 0 saturated carbocycles. The lowest BCUT2D eigenvalue weighted by Gasteiger charge is -2.36. The Kier molecular flexibility index (Phi) is 6.15. The minimum absolute atomic E-state index is 0.168. The Hall–Kier alpha value is -1.75. The monoisotopic (exact) mass is 389 g/mol. The van der Waals surface area contributed by atoms with Gasteiger partial charge in [-0.3, -0.25) is 0 Å². The fourth-order valence-electron chi connectivity index (χ4n) is 2.63. The molecule has 0 spiro atoms. The van der Waals surface area contributed by atoms with Crippen molar-refractivity contribution < 1.29 is 14.0 Å². The molecule has 0 aliphatic carbocycles. The third-order valence-electron chi connectivity index (χ3n) is 5.24. The molecule has 150 valence electrons. The van der Waals surface area contributed by atoms with Crippen LogP contribution in [0.25, 0.3) is 5.57 Å². The normalized spacial score (nSPS) is 16.0. The zero-order valence-electron chi connectivity index (χ0n) is 18.2. The lowest BCUT2D eigenvalue weighted by molar-refractivity contribution is 0.0270. The Morgan fingerprint density at radius 1 is 1.11 bits per heavy atom. The summed E-state index contributed by atoms with van der Waals surface area (Å²) in [4.78, 5) is 14.0. The van der Waals surface area contributed by atoms with Gasteiger partial charge in [-0.25, -0.2) is 4.79 Å². The van der Waals surface area contributed by atoms with E-state index in [1.54, 1.807) is 4.90 Å². The molecule has 0 radical (unpaired) electrons. The molecule has 1 aliphatic rings. The number of amides is 1. The summed E-state index contributed by atoms with van der Waals surface area (Å²) in [5.41, 5.74) is 1.97. The Balaban J connectivity index is 2.09. The van der Waals surface area contributed by atoms with Gasteiger partial charge < -0.3 is 14.1 Å². The molecule has 0 saturated heterocycles. The topological polar surface area (TPSA) is 38.8 Å². The van der Waals surface area contributed by atoms with Gasteiger partial charge in [-0.15, -0.1) is 0 Å². The number of benzene rings is 1. The van der Waals surface area contributed by atoms with E-state index in [4.69, 9.17) is 9.16 Å². The zero-order chi connectivity index (χ0) is 20.5. The molecule has 1 aliphatic heterocycles. The predicted octanol–water partition coefficient (Wildman–Crippen LogP) is 6.09. The molecule has 5 heteroatoms. The van der Waals surface area contributed by atoms with Crippen LogP contribution in [0, 0.1) is 0 Å². The highest BCUT2D eigenvalue weighted by Crippen LogP contribution is 2.38. The number of carbonyl (C=O) groups is 1. The Morgan fingerprint density at radius 3 is 2.30 bits per heavy atom. The van der Waals surface area contributed by atoms with Gasteiger partial charge in [0.1, 0.15) is 11.4 Å². The third-order valence-corrected chi connectivity index (χ3v) is 9.60. The van der Waals surface area contributed by atoms with Crippen molar-refractivity contribution in [1.29, 1.82) is 0 Å². The molecule has 0 aromatic heterocycles. The lowest BCUT2D eigenvalue weighted by atomic mass is 9.99. The highest BCUT2D eigenvalue weighted by atomic mass is 28.4. The summed E-state index contributed by atoms with van der Waals surface area (Å²) in [6.45, 7) is 18.2. The minimum Gasteiger partial charge on any atom is -0.543 e. The largest absolute Gasteiger partial charge is 0.543 e. The summed E-state index contributed by atoms with van der Waals surface area (Å²) in [6.07, 6.45) is 2.70. The maximum atomic E-state index is 12.2. The summed E-state index contributed by atoms with van der Waals surface area (Å²) < 4.78 is 11.9. The molecule has 1 amide bonds. The average Bonchev–Trinajstić information content (AvgIpc) is 2.52. The first kappa shape index (κ1) is 21.5. The van der Waals surface area contributed by atoms with Crippen molar-refractivity contribution in [2.45, 2.75) is 71.7 Å². The summed E-state index contributed by atoms with van der Waals surface area (Å²) in [5.74, 6) is 0.939. The molecule has 1 aromatic rings. The molecular formula is C22H35NO3Si. The highest BCUT2D eigenvalue weighted by molar-refractivity contribution is 6.74. The second-order valence-corrected chi connectivity index (χ2v) is 14.5. The number of nitrogens with zero attached hydrogens (tertiary/aromatic N) is 1. The van der Waals surface area contributed by atoms with E-state index in [0.29, 0.717) is 13.1 Å². The first-order chi connectivity index (χ1) is 12.3. The first-order valence-electron chi connectivity index (χ1n) is 9.75. The van der Waals surface area contributed by atoms with Crippen molar-refractivity contribution >= 4 is 20.0 Å². The molecule has 4 nitrogen and oxygen atoms in total. The van der Waals surface area contributed by atoms with Gasteiger partial charge in [0.25, 0.3) is 0 Å². The van der Waals surface area contributed by atoms with Crippen molar-refractivity contribution in [2.75, 3.05) is 13.1 Å². The van der Waals surface area contributed by atoms with E-state index >= 15 is 0 Å². The standard InChI is InChI=1S/C22H35NO3Si/c1-21(2,3)25-20(24)23-14-12-17(13-15-23)18-10-9-11-19(16-18)26-27(7,8)22(4,5)6/h9-12,16H,13-15H2,1-8H3. The van der Waals surface area contributed by atoms with Crippen LogP contribution in [0.4, 0.5) is 4.79 Å². The third kappa shape index (κ3) is 5.86. The zero-order valence-corrected chi connectivity index (χ0v) is 19.2. The van der Waals surface area contributed by atoms with Crippen LogP contribution in [0.15, 0.2) is 30.3 Å². The van der Waals surface area contributed by atoms with Crippen LogP contribution in [0.1, 0.15) is 53.5 Å². The quantitative estimate of drug-likeness (QED) is 0.587. The van der Waals surface area contributed by atoms with Crippen molar-refractivity contribution in [3.05, 3.63) is 35.9 Å². The van der Waals surface area contributed by atoms with Gasteiger partial charge in [0.15, 0.2) is 0 Å². The van der Waals surface area contributed by atoms with E-state index in [-0.39, 0.29) is 11.1 Å². The minimum atomic E-state index is -1.86. The van der Waals surface area contributed by atoms with Gasteiger partial charge >= 0.3 is 6.09 Å². The molecule has 27 heavy (non-hydrogen) atoms. The summed E-state index contributed by atoms with van der Waals surface area (Å²) in [7, 11) is -1.86. The van der Waals surface area contributed by atoms with Crippen LogP contribution in [0.3, 0.4) is 0 Å². The lowest BCUT2D eigenvalue weighted by Crippen LogP contribution is -2.43. The Bertz CT molecular complexity index is 711. The number of carbonyl (C=O) groups excluding carboxylic acids is 1. The summed E-state index contributed by atoms with van der Waals surface area (Å²) >= 11 is 0. The number of hydrogen-bond acceptors (Lipinski definition) is 3. The van der Waals surface area contributed by atoms with Crippen LogP contribution in [0.5, 0.6) is 5.75 Å². The van der Waals surface area contributed by atoms with E-state index < -0.39 is 13.9 Å². The van der Waals surface area contributed by atoms with Crippen molar-refractivity contribution in [3.63, 3.8) is 0 Å². The van der Waals surface area contributed by atoms with E-state index in [1.165, 1.54) is 11.1 Å². The summed E-state index contributed by atoms with van der Waals surface area (Å²) in [6, 6.07) is 8.35. The maximum Gasteiger partial charge on any atom is 0.410 e. The Labute approximate surface area is 165 Å². The number of hydrogen-bond donors (Lipinski definition) is 0. The van der Waals surface area contributed by atoms with Gasteiger partial charge in [0, 0.05) is 13.1 Å². The fourth-order valence-corrected chi connectivity index (χ4v) is 3.65. The average molecular weight is 390 g/mol. The van der Waals surface area contributed by atoms with Gasteiger partial charge in [0.2, 0.25) is 8.32 Å². The molecule has 1 aromatic carbocycles. The summed E-state index contributed by atoms with van der Waals surface area (Å²) in [5, 5.41) is 0.168. The molecule has 0 atom stereocenters. The van der Waals surface area contributed by atoms with Crippen LogP contribution in [-0.4, -0.2) is 38.0 Å². The van der Waals surface area contributed by atoms with Gasteiger partial charge in [-0.2, -0.15) is 0 Å². The van der Waals surface area contributed by atoms with E-state index in [2.05, 4.69) is 58.1 Å². The van der Waals surface area contributed by atoms with Crippen LogP contribution >= 0.6 is 0 Å². The molecule has 0 unspecified atom stereocenters. The van der Waals surface area contributed by atoms with E-state index in [1.807, 2.05) is 26.8 Å². The van der Waals surface area contributed by atoms with Gasteiger partial charge in [-0.1, -0.05) is 39.0 Å². The van der Waals surface area contributed by atoms with Crippen LogP contribution in [0.2, 0.25) is 18.1 Å². The van der Waals surface area contributed by atoms with Crippen LogP contribution in [-0.2, 0) is 4.74 Å². The molecule has 1 heterocycles. The number of ether oxygens (including phenoxy) is 1. The highest BCUT2D eigenvalue weighted by Gasteiger charge is 2.39. The Morgan fingerprint density at radius 2 is 1.78 bits per heavy atom. The first-order valence-corrected chi connectivity index (χ1v) is 12.7. The van der Waals surface area contributed by atoms with E-state index in [0.717, 1.165) is 12.2 Å². The second-order valence-electron chi connectivity index (χ2n) is 9.80. The van der Waals surface area contributed by atoms with Gasteiger partial charge in [-0.05, 0) is 68.6 Å². The molecule has 0 bridgehead atoms. The molecule has 2 rings (SSSR count). The van der Waals surface area contributed by atoms with Crippen LogP contribution < -0.4 is 4.43 Å². The maximum absolute atomic E-state index is 12.2. The molecular weight excluding hydrogens is 354 g/mol. The smallest absolute Gasteiger partial charge is 0.410 e. The van der Waals surface area contributed by atoms with Crippen molar-refractivity contribution in [2.24, 2.45) is 0 Å². The SMILES string of the molecule is CC(C)(C)OC(=O)N1CC=C(c2cccc(O[Si](C)(C)C(C)(C)C)c2)CC1. The predicted molar refractivity (Wildman–Crippen MR) is 115 cm³/mol. The molecule has 0 fully saturated rings. The van der Waals surface area contributed by atoms with Crippen molar-refractivity contribution in [1.82, 2.24) is 4.90 Å². The van der Waals surface area contributed by atoms with Crippen molar-refractivity contribution in [3.8, 4) is 5.75 Å². The van der Waals surface area contributed by atoms with Gasteiger partial charge in [0.05, 0.1) is 0 Å². The second kappa shape index (κ2) is 7.70. The molecule has 0 N–H and O–H groups in total. The van der Waals surface area contributed by atoms with E-state index in [9.17, 15) is 4.79 Å². The fraction of sp³-hybridized carbons (Fsp3) is 0.591.